The number of amides is 1. The molecule has 3 heterocycles. The van der Waals surface area contributed by atoms with Gasteiger partial charge in [0.05, 0.1) is 0 Å². The number of nitrogens with zero attached hydrogens (tertiary/aromatic N) is 4. The average molecular weight is 316 g/mol. The SMILES string of the molecule is Cc1nnc(N2CCN(C(=O)c3ccc4c(c3)OCO4)CC2)o1. The van der Waals surface area contributed by atoms with Crippen LogP contribution in [-0.2, 0) is 0 Å². The Morgan fingerprint density at radius 2 is 1.87 bits per heavy atom. The summed E-state index contributed by atoms with van der Waals surface area (Å²) in [5.74, 6) is 1.83. The topological polar surface area (TPSA) is 80.9 Å². The number of benzene rings is 1. The van der Waals surface area contributed by atoms with Crippen LogP contribution in [0.1, 0.15) is 16.2 Å². The highest BCUT2D eigenvalue weighted by Gasteiger charge is 2.26. The Hall–Kier alpha value is -2.77. The maximum absolute atomic E-state index is 12.6. The van der Waals surface area contributed by atoms with Crippen LogP contribution < -0.4 is 14.4 Å². The first-order valence-corrected chi connectivity index (χ1v) is 7.45. The Morgan fingerprint density at radius 1 is 1.09 bits per heavy atom. The van der Waals surface area contributed by atoms with Crippen LogP contribution in [0.2, 0.25) is 0 Å². The summed E-state index contributed by atoms with van der Waals surface area (Å²) in [5.41, 5.74) is 0.608. The fourth-order valence-corrected chi connectivity index (χ4v) is 2.73. The zero-order valence-corrected chi connectivity index (χ0v) is 12.7. The van der Waals surface area contributed by atoms with Crippen LogP contribution in [0.4, 0.5) is 6.01 Å². The molecule has 2 aliphatic heterocycles. The van der Waals surface area contributed by atoms with Crippen molar-refractivity contribution in [3.8, 4) is 11.5 Å². The number of piperazine rings is 1. The summed E-state index contributed by atoms with van der Waals surface area (Å²) in [6.07, 6.45) is 0. The zero-order valence-electron chi connectivity index (χ0n) is 12.7. The molecule has 0 spiro atoms. The molecule has 0 aliphatic carbocycles. The van der Waals surface area contributed by atoms with E-state index in [1.54, 1.807) is 25.1 Å². The number of fused-ring (bicyclic) bond motifs is 1. The summed E-state index contributed by atoms with van der Waals surface area (Å²) in [6, 6.07) is 5.78. The smallest absolute Gasteiger partial charge is 0.318 e. The molecular weight excluding hydrogens is 300 g/mol. The molecule has 1 fully saturated rings. The summed E-state index contributed by atoms with van der Waals surface area (Å²) in [6.45, 7) is 4.50. The van der Waals surface area contributed by atoms with Crippen molar-refractivity contribution in [2.75, 3.05) is 37.9 Å². The number of hydrogen-bond acceptors (Lipinski definition) is 7. The van der Waals surface area contributed by atoms with Gasteiger partial charge in [-0.15, -0.1) is 5.10 Å². The molecule has 1 aromatic carbocycles. The number of anilines is 1. The van der Waals surface area contributed by atoms with E-state index < -0.39 is 0 Å². The van der Waals surface area contributed by atoms with E-state index in [1.165, 1.54) is 0 Å². The van der Waals surface area contributed by atoms with Crippen LogP contribution in [0.3, 0.4) is 0 Å². The van der Waals surface area contributed by atoms with Crippen molar-refractivity contribution >= 4 is 11.9 Å². The van der Waals surface area contributed by atoms with Crippen molar-refractivity contribution in [1.29, 1.82) is 0 Å². The number of carbonyl (C=O) groups is 1. The Kier molecular flexibility index (Phi) is 3.29. The van der Waals surface area contributed by atoms with E-state index in [0.29, 0.717) is 55.1 Å². The highest BCUT2D eigenvalue weighted by Crippen LogP contribution is 2.32. The lowest BCUT2D eigenvalue weighted by molar-refractivity contribution is 0.0744. The second kappa shape index (κ2) is 5.45. The summed E-state index contributed by atoms with van der Waals surface area (Å²) in [7, 11) is 0. The number of ether oxygens (including phenoxy) is 2. The highest BCUT2D eigenvalue weighted by molar-refractivity contribution is 5.95. The van der Waals surface area contributed by atoms with E-state index in [9.17, 15) is 4.79 Å². The number of hydrogen-bond donors (Lipinski definition) is 0. The minimum atomic E-state index is -0.00957. The van der Waals surface area contributed by atoms with Gasteiger partial charge in [0.15, 0.2) is 11.5 Å². The van der Waals surface area contributed by atoms with Crippen LogP contribution >= 0.6 is 0 Å². The van der Waals surface area contributed by atoms with E-state index in [1.807, 2.05) is 9.80 Å². The van der Waals surface area contributed by atoms with Crippen LogP contribution in [0.5, 0.6) is 11.5 Å². The second-order valence-electron chi connectivity index (χ2n) is 5.45. The van der Waals surface area contributed by atoms with Crippen LogP contribution in [-0.4, -0.2) is 54.0 Å². The van der Waals surface area contributed by atoms with Gasteiger partial charge in [0.2, 0.25) is 12.7 Å². The molecule has 0 N–H and O–H groups in total. The summed E-state index contributed by atoms with van der Waals surface area (Å²) >= 11 is 0. The molecule has 120 valence electrons. The van der Waals surface area contributed by atoms with Gasteiger partial charge in [0.1, 0.15) is 0 Å². The number of carbonyl (C=O) groups excluding carboxylic acids is 1. The lowest BCUT2D eigenvalue weighted by Crippen LogP contribution is -2.48. The Balaban J connectivity index is 1.43. The minimum absolute atomic E-state index is 0.00957. The van der Waals surface area contributed by atoms with Gasteiger partial charge in [0.25, 0.3) is 5.91 Å². The van der Waals surface area contributed by atoms with Crippen molar-refractivity contribution in [2.45, 2.75) is 6.92 Å². The Labute approximate surface area is 132 Å². The first-order valence-electron chi connectivity index (χ1n) is 7.45. The molecule has 0 bridgehead atoms. The molecule has 2 aliphatic rings. The van der Waals surface area contributed by atoms with Crippen molar-refractivity contribution in [2.24, 2.45) is 0 Å². The van der Waals surface area contributed by atoms with Gasteiger partial charge >= 0.3 is 6.01 Å². The molecule has 1 amide bonds. The normalized spacial score (nSPS) is 16.7. The molecule has 0 atom stereocenters. The van der Waals surface area contributed by atoms with Gasteiger partial charge < -0.3 is 23.7 Å². The van der Waals surface area contributed by atoms with Crippen LogP contribution in [0.15, 0.2) is 22.6 Å². The van der Waals surface area contributed by atoms with Crippen LogP contribution in [0.25, 0.3) is 0 Å². The summed E-state index contributed by atoms with van der Waals surface area (Å²) in [5, 5.41) is 7.84. The molecule has 0 unspecified atom stereocenters. The van der Waals surface area contributed by atoms with E-state index >= 15 is 0 Å². The lowest BCUT2D eigenvalue weighted by Gasteiger charge is -2.33. The molecule has 1 saturated heterocycles. The zero-order chi connectivity index (χ0) is 15.8. The first kappa shape index (κ1) is 13.9. The predicted molar refractivity (Wildman–Crippen MR) is 79.7 cm³/mol. The molecule has 2 aromatic rings. The fraction of sp³-hybridized carbons (Fsp3) is 0.400. The van der Waals surface area contributed by atoms with Gasteiger partial charge in [-0.25, -0.2) is 0 Å². The monoisotopic (exact) mass is 316 g/mol. The molecule has 1 aromatic heterocycles. The van der Waals surface area contributed by atoms with Gasteiger partial charge in [-0.2, -0.15) is 0 Å². The third-order valence-corrected chi connectivity index (χ3v) is 3.97. The standard InChI is InChI=1S/C15H16N4O4/c1-10-16-17-15(23-10)19-6-4-18(5-7-19)14(20)11-2-3-12-13(8-11)22-9-21-12/h2-3,8H,4-7,9H2,1H3. The van der Waals surface area contributed by atoms with E-state index in [0.717, 1.165) is 0 Å². The molecule has 8 nitrogen and oxygen atoms in total. The van der Waals surface area contributed by atoms with Crippen molar-refractivity contribution in [1.82, 2.24) is 15.1 Å². The summed E-state index contributed by atoms with van der Waals surface area (Å²) < 4.78 is 16.0. The predicted octanol–water partition coefficient (Wildman–Crippen LogP) is 1.07. The summed E-state index contributed by atoms with van der Waals surface area (Å²) in [4.78, 5) is 16.4. The Morgan fingerprint density at radius 3 is 2.61 bits per heavy atom. The maximum atomic E-state index is 12.6. The molecule has 0 radical (unpaired) electrons. The fourth-order valence-electron chi connectivity index (χ4n) is 2.73. The van der Waals surface area contributed by atoms with Crippen LogP contribution in [0, 0.1) is 6.92 Å². The maximum Gasteiger partial charge on any atom is 0.318 e. The number of aryl methyl sites for hydroxylation is 1. The van der Waals surface area contributed by atoms with E-state index in [2.05, 4.69) is 10.2 Å². The minimum Gasteiger partial charge on any atom is -0.454 e. The highest BCUT2D eigenvalue weighted by atomic mass is 16.7. The van der Waals surface area contributed by atoms with Gasteiger partial charge in [-0.3, -0.25) is 4.79 Å². The second-order valence-corrected chi connectivity index (χ2v) is 5.45. The third kappa shape index (κ3) is 2.56. The third-order valence-electron chi connectivity index (χ3n) is 3.97. The van der Waals surface area contributed by atoms with Crippen molar-refractivity contribution in [3.05, 3.63) is 29.7 Å². The number of rotatable bonds is 2. The number of aromatic nitrogens is 2. The van der Waals surface area contributed by atoms with Gasteiger partial charge in [-0.05, 0) is 18.2 Å². The first-order chi connectivity index (χ1) is 11.2. The van der Waals surface area contributed by atoms with E-state index in [4.69, 9.17) is 13.9 Å². The van der Waals surface area contributed by atoms with Gasteiger partial charge in [0, 0.05) is 38.7 Å². The molecule has 8 heteroatoms. The van der Waals surface area contributed by atoms with Gasteiger partial charge in [-0.1, -0.05) is 5.10 Å². The lowest BCUT2D eigenvalue weighted by atomic mass is 10.1. The van der Waals surface area contributed by atoms with Crippen molar-refractivity contribution < 1.29 is 18.7 Å². The molecule has 0 saturated carbocycles. The van der Waals surface area contributed by atoms with Crippen molar-refractivity contribution in [3.63, 3.8) is 0 Å². The average Bonchev–Trinajstić information content (AvgIpc) is 3.22. The van der Waals surface area contributed by atoms with E-state index in [-0.39, 0.29) is 12.7 Å². The Bertz CT molecular complexity index is 737. The molecular formula is C15H16N4O4. The quantitative estimate of drug-likeness (QED) is 0.819. The molecule has 4 rings (SSSR count). The molecule has 23 heavy (non-hydrogen) atoms. The largest absolute Gasteiger partial charge is 0.454 e.